The molecule has 1 saturated heterocycles. The Morgan fingerprint density at radius 1 is 1.14 bits per heavy atom. The quantitative estimate of drug-likeness (QED) is 0.153. The molecular formula is C32H36N4O6S. The van der Waals surface area contributed by atoms with Gasteiger partial charge in [-0.2, -0.15) is 0 Å². The fourth-order valence-corrected chi connectivity index (χ4v) is 6.63. The molecule has 0 aliphatic carbocycles. The number of thiazole rings is 1. The average Bonchev–Trinajstić information content (AvgIpc) is 3.30. The molecule has 1 unspecified atom stereocenters. The lowest BCUT2D eigenvalue weighted by Crippen LogP contribution is -2.40. The van der Waals surface area contributed by atoms with Gasteiger partial charge in [-0.1, -0.05) is 55.5 Å². The Morgan fingerprint density at radius 3 is 2.51 bits per heavy atom. The van der Waals surface area contributed by atoms with Gasteiger partial charge >= 0.3 is 5.97 Å². The highest BCUT2D eigenvalue weighted by atomic mass is 32.1. The topological polar surface area (TPSA) is 116 Å². The molecule has 2 aliphatic heterocycles. The van der Waals surface area contributed by atoms with Gasteiger partial charge < -0.3 is 14.4 Å². The molecule has 11 heteroatoms. The van der Waals surface area contributed by atoms with E-state index in [9.17, 15) is 19.7 Å². The van der Waals surface area contributed by atoms with Crippen LogP contribution in [0.4, 0.5) is 11.4 Å². The molecule has 10 nitrogen and oxygen atoms in total. The Hall–Kier alpha value is -4.09. The van der Waals surface area contributed by atoms with Gasteiger partial charge in [-0.3, -0.25) is 19.5 Å². The van der Waals surface area contributed by atoms with Crippen LogP contribution in [0, 0.1) is 10.1 Å². The van der Waals surface area contributed by atoms with Gasteiger partial charge in [0, 0.05) is 26.3 Å². The number of ether oxygens (including phenoxy) is 2. The summed E-state index contributed by atoms with van der Waals surface area (Å²) in [6, 6.07) is 12.2. The second-order valence-electron chi connectivity index (χ2n) is 11.1. The molecule has 0 spiro atoms. The van der Waals surface area contributed by atoms with E-state index in [1.54, 1.807) is 25.1 Å². The van der Waals surface area contributed by atoms with Crippen LogP contribution in [0.5, 0.6) is 0 Å². The minimum Gasteiger partial charge on any atom is -0.460 e. The smallest absolute Gasteiger partial charge is 0.338 e. The number of nitrogens with zero attached hydrogens (tertiary/aromatic N) is 4. The SMILES string of the molecule is COCCOC(=O)C1=C(C)N=c2sc(=Cc3ccc(N4CCCCC4)c([N+](=O)[O-])c3)c(=O)n2C1c1ccc(C(C)C)cc1. The van der Waals surface area contributed by atoms with Crippen molar-refractivity contribution in [2.45, 2.75) is 52.0 Å². The summed E-state index contributed by atoms with van der Waals surface area (Å²) >= 11 is 1.19. The fraction of sp³-hybridized carbons (Fsp3) is 0.406. The number of nitro groups is 1. The minimum absolute atomic E-state index is 0.0171. The number of fused-ring (bicyclic) bond motifs is 1. The third kappa shape index (κ3) is 6.33. The van der Waals surface area contributed by atoms with E-state index in [0.717, 1.165) is 43.5 Å². The predicted molar refractivity (Wildman–Crippen MR) is 166 cm³/mol. The van der Waals surface area contributed by atoms with Crippen LogP contribution in [-0.2, 0) is 14.3 Å². The van der Waals surface area contributed by atoms with Crippen molar-refractivity contribution in [1.82, 2.24) is 4.57 Å². The molecule has 1 atom stereocenters. The van der Waals surface area contributed by atoms with Crippen LogP contribution in [0.1, 0.15) is 68.7 Å². The normalized spacial score (nSPS) is 17.2. The molecule has 3 aromatic rings. The number of nitro benzene ring substituents is 1. The van der Waals surface area contributed by atoms with Gasteiger partial charge in [0.25, 0.3) is 11.2 Å². The number of piperidine rings is 1. The Bertz CT molecular complexity index is 1730. The Kier molecular flexibility index (Phi) is 9.22. The zero-order valence-corrected chi connectivity index (χ0v) is 25.7. The van der Waals surface area contributed by atoms with Crippen LogP contribution in [-0.4, -0.2) is 48.9 Å². The Balaban J connectivity index is 1.61. The maximum Gasteiger partial charge on any atom is 0.338 e. The van der Waals surface area contributed by atoms with E-state index in [0.29, 0.717) is 32.2 Å². The van der Waals surface area contributed by atoms with Gasteiger partial charge in [-0.05, 0) is 60.9 Å². The van der Waals surface area contributed by atoms with E-state index in [2.05, 4.69) is 23.7 Å². The number of esters is 1. The maximum absolute atomic E-state index is 14.0. The molecule has 0 radical (unpaired) electrons. The van der Waals surface area contributed by atoms with Crippen molar-refractivity contribution in [1.29, 1.82) is 0 Å². The van der Waals surface area contributed by atoms with E-state index in [4.69, 9.17) is 9.47 Å². The van der Waals surface area contributed by atoms with E-state index in [1.807, 2.05) is 24.3 Å². The van der Waals surface area contributed by atoms with Gasteiger partial charge in [0.15, 0.2) is 4.80 Å². The molecule has 0 saturated carbocycles. The number of benzene rings is 2. The number of carbonyl (C=O) groups excluding carboxylic acids is 1. The average molecular weight is 605 g/mol. The lowest BCUT2D eigenvalue weighted by molar-refractivity contribution is -0.384. The van der Waals surface area contributed by atoms with Crippen LogP contribution >= 0.6 is 11.3 Å². The summed E-state index contributed by atoms with van der Waals surface area (Å²) in [7, 11) is 1.53. The summed E-state index contributed by atoms with van der Waals surface area (Å²) in [4.78, 5) is 46.1. The van der Waals surface area contributed by atoms with E-state index in [1.165, 1.54) is 29.1 Å². The molecule has 0 bridgehead atoms. The van der Waals surface area contributed by atoms with E-state index < -0.39 is 12.0 Å². The van der Waals surface area contributed by atoms with Crippen LogP contribution in [0.25, 0.3) is 6.08 Å². The Labute approximate surface area is 253 Å². The predicted octanol–water partition coefficient (Wildman–Crippen LogP) is 4.45. The van der Waals surface area contributed by atoms with Crippen LogP contribution in [0.15, 0.2) is 63.5 Å². The minimum atomic E-state index is -0.745. The van der Waals surface area contributed by atoms with Crippen molar-refractivity contribution in [3.8, 4) is 0 Å². The largest absolute Gasteiger partial charge is 0.460 e. The molecule has 0 amide bonds. The number of rotatable bonds is 9. The highest BCUT2D eigenvalue weighted by molar-refractivity contribution is 7.07. The zero-order chi connectivity index (χ0) is 30.7. The molecule has 2 aliphatic rings. The van der Waals surface area contributed by atoms with Crippen molar-refractivity contribution < 1.29 is 19.2 Å². The summed E-state index contributed by atoms with van der Waals surface area (Å²) < 4.78 is 12.4. The second kappa shape index (κ2) is 13.0. The summed E-state index contributed by atoms with van der Waals surface area (Å²) in [5.74, 6) is -0.244. The molecule has 2 aromatic carbocycles. The van der Waals surface area contributed by atoms with Crippen LogP contribution in [0.3, 0.4) is 0 Å². The number of anilines is 1. The molecule has 1 aromatic heterocycles. The Morgan fingerprint density at radius 2 is 1.86 bits per heavy atom. The van der Waals surface area contributed by atoms with Crippen molar-refractivity contribution in [3.05, 3.63) is 100 Å². The number of hydrogen-bond donors (Lipinski definition) is 0. The summed E-state index contributed by atoms with van der Waals surface area (Å²) in [6.07, 6.45) is 4.79. The molecule has 1 fully saturated rings. The van der Waals surface area contributed by atoms with Crippen molar-refractivity contribution in [3.63, 3.8) is 0 Å². The third-order valence-electron chi connectivity index (χ3n) is 7.87. The number of carbonyl (C=O) groups is 1. The monoisotopic (exact) mass is 604 g/mol. The molecule has 226 valence electrons. The fourth-order valence-electron chi connectivity index (χ4n) is 5.59. The first-order valence-corrected chi connectivity index (χ1v) is 15.3. The standard InChI is InChI=1S/C32H36N4O6S/c1-20(2)23-9-11-24(12-10-23)29-28(31(38)42-17-16-41-4)21(3)33-32-35(29)30(37)27(43-32)19-22-8-13-25(26(18-22)36(39)40)34-14-6-5-7-15-34/h8-13,18-20,29H,5-7,14-17H2,1-4H3. The number of aromatic nitrogens is 1. The highest BCUT2D eigenvalue weighted by Crippen LogP contribution is 2.33. The lowest BCUT2D eigenvalue weighted by atomic mass is 9.93. The maximum atomic E-state index is 14.0. The van der Waals surface area contributed by atoms with Crippen LogP contribution in [0.2, 0.25) is 0 Å². The van der Waals surface area contributed by atoms with Crippen molar-refractivity contribution >= 4 is 34.8 Å². The highest BCUT2D eigenvalue weighted by Gasteiger charge is 2.33. The summed E-state index contributed by atoms with van der Waals surface area (Å²) in [5.41, 5.74) is 3.47. The lowest BCUT2D eigenvalue weighted by Gasteiger charge is -2.28. The first kappa shape index (κ1) is 30.4. The summed E-state index contributed by atoms with van der Waals surface area (Å²) in [5, 5.41) is 12.0. The molecule has 43 heavy (non-hydrogen) atoms. The first-order chi connectivity index (χ1) is 20.7. The molecular weight excluding hydrogens is 568 g/mol. The van der Waals surface area contributed by atoms with Crippen molar-refractivity contribution in [2.24, 2.45) is 4.99 Å². The van der Waals surface area contributed by atoms with Gasteiger partial charge in [0.1, 0.15) is 12.3 Å². The molecule has 0 N–H and O–H groups in total. The number of hydrogen-bond acceptors (Lipinski definition) is 9. The summed E-state index contributed by atoms with van der Waals surface area (Å²) in [6.45, 7) is 7.83. The van der Waals surface area contributed by atoms with Gasteiger partial charge in [-0.15, -0.1) is 0 Å². The van der Waals surface area contributed by atoms with E-state index >= 15 is 0 Å². The third-order valence-corrected chi connectivity index (χ3v) is 8.85. The van der Waals surface area contributed by atoms with Gasteiger partial charge in [-0.25, -0.2) is 9.79 Å². The number of methoxy groups -OCH3 is 1. The zero-order valence-electron chi connectivity index (χ0n) is 24.9. The van der Waals surface area contributed by atoms with Crippen LogP contribution < -0.4 is 19.8 Å². The van der Waals surface area contributed by atoms with Gasteiger partial charge in [0.05, 0.1) is 33.4 Å². The van der Waals surface area contributed by atoms with Gasteiger partial charge in [0.2, 0.25) is 0 Å². The number of allylic oxidation sites excluding steroid dienone is 1. The first-order valence-electron chi connectivity index (χ1n) is 14.5. The molecule has 3 heterocycles. The van der Waals surface area contributed by atoms with E-state index in [-0.39, 0.29) is 35.0 Å². The van der Waals surface area contributed by atoms with Crippen molar-refractivity contribution in [2.75, 3.05) is 38.3 Å². The second-order valence-corrected chi connectivity index (χ2v) is 12.1. The molecule has 5 rings (SSSR count).